The van der Waals surface area contributed by atoms with Gasteiger partial charge in [-0.1, -0.05) is 5.16 Å². The van der Waals surface area contributed by atoms with Crippen LogP contribution in [-0.2, 0) is 29.7 Å². The quantitative estimate of drug-likeness (QED) is 0.818. The molecule has 110 valence electrons. The Labute approximate surface area is 117 Å². The predicted molar refractivity (Wildman–Crippen MR) is 73.3 cm³/mol. The highest BCUT2D eigenvalue weighted by Crippen LogP contribution is 2.15. The van der Waals surface area contributed by atoms with Crippen LogP contribution >= 0.6 is 0 Å². The van der Waals surface area contributed by atoms with Crippen molar-refractivity contribution in [3.63, 3.8) is 0 Å². The molecule has 2 rings (SSSR count). The molecule has 0 unspecified atom stereocenters. The summed E-state index contributed by atoms with van der Waals surface area (Å²) in [4.78, 5) is 0.205. The Hall–Kier alpha value is -1.64. The average molecular weight is 298 g/mol. The van der Waals surface area contributed by atoms with Crippen molar-refractivity contribution in [1.29, 1.82) is 0 Å². The van der Waals surface area contributed by atoms with Crippen molar-refractivity contribution in [3.8, 4) is 0 Å². The normalized spacial score (nSPS) is 11.9. The van der Waals surface area contributed by atoms with Gasteiger partial charge in [0.05, 0.1) is 17.1 Å². The van der Waals surface area contributed by atoms with Gasteiger partial charge in [-0.2, -0.15) is 0 Å². The molecule has 0 aromatic carbocycles. The third-order valence-electron chi connectivity index (χ3n) is 2.93. The van der Waals surface area contributed by atoms with E-state index in [1.54, 1.807) is 25.3 Å². The zero-order valence-corrected chi connectivity index (χ0v) is 12.3. The predicted octanol–water partition coefficient (Wildman–Crippen LogP) is 0.742. The van der Waals surface area contributed by atoms with Gasteiger partial charge in [0.25, 0.3) is 0 Å². The Morgan fingerprint density at radius 2 is 2.20 bits per heavy atom. The minimum absolute atomic E-state index is 0.0679. The van der Waals surface area contributed by atoms with E-state index in [0.29, 0.717) is 24.5 Å². The number of aromatic nitrogens is 2. The topological polar surface area (TPSA) is 103 Å². The molecule has 2 aromatic rings. The van der Waals surface area contributed by atoms with Crippen LogP contribution in [0.15, 0.2) is 27.7 Å². The first-order valence-corrected chi connectivity index (χ1v) is 7.75. The summed E-state index contributed by atoms with van der Waals surface area (Å²) in [5.74, 6) is 0.472. The Morgan fingerprint density at radius 1 is 1.45 bits per heavy atom. The smallest absolute Gasteiger partial charge is 0.242 e. The van der Waals surface area contributed by atoms with Crippen molar-refractivity contribution in [2.75, 3.05) is 0 Å². The summed E-state index contributed by atoms with van der Waals surface area (Å²) in [6.45, 7) is 4.74. The van der Waals surface area contributed by atoms with Crippen LogP contribution in [0.5, 0.6) is 0 Å². The monoisotopic (exact) mass is 298 g/mol. The lowest BCUT2D eigenvalue weighted by molar-refractivity contribution is 0.377. The van der Waals surface area contributed by atoms with E-state index in [4.69, 9.17) is 10.3 Å². The molecule has 0 radical (unpaired) electrons. The second-order valence-electron chi connectivity index (χ2n) is 4.42. The van der Waals surface area contributed by atoms with Crippen molar-refractivity contribution in [2.24, 2.45) is 5.73 Å². The molecule has 0 saturated carbocycles. The summed E-state index contributed by atoms with van der Waals surface area (Å²) < 4.78 is 33.6. The molecule has 0 saturated heterocycles. The van der Waals surface area contributed by atoms with E-state index in [2.05, 4.69) is 9.88 Å². The fraction of sp³-hybridized carbons (Fsp3) is 0.417. The Bertz CT molecular complexity index is 666. The molecule has 7 nitrogen and oxygen atoms in total. The molecule has 0 bridgehead atoms. The first kappa shape index (κ1) is 14.8. The Balaban J connectivity index is 2.15. The van der Waals surface area contributed by atoms with Crippen molar-refractivity contribution in [2.45, 2.75) is 38.4 Å². The van der Waals surface area contributed by atoms with Crippen LogP contribution in [0.2, 0.25) is 0 Å². The Morgan fingerprint density at radius 3 is 2.70 bits per heavy atom. The largest absolute Gasteiger partial charge is 0.360 e. The van der Waals surface area contributed by atoms with Gasteiger partial charge in [0.2, 0.25) is 10.0 Å². The molecule has 2 aromatic heterocycles. The fourth-order valence-electron chi connectivity index (χ4n) is 1.89. The van der Waals surface area contributed by atoms with Crippen LogP contribution in [0.3, 0.4) is 0 Å². The van der Waals surface area contributed by atoms with E-state index in [1.807, 2.05) is 11.5 Å². The molecule has 0 fully saturated rings. The number of aryl methyl sites for hydroxylation is 2. The number of nitrogens with one attached hydrogen (secondary N) is 1. The molecular formula is C12H18N4O3S. The van der Waals surface area contributed by atoms with Crippen LogP contribution in [-0.4, -0.2) is 18.1 Å². The minimum Gasteiger partial charge on any atom is -0.360 e. The average Bonchev–Trinajstić information content (AvgIpc) is 3.02. The maximum atomic E-state index is 12.2. The van der Waals surface area contributed by atoms with E-state index in [0.717, 1.165) is 5.69 Å². The summed E-state index contributed by atoms with van der Waals surface area (Å²) in [5, 5.41) is 3.70. The summed E-state index contributed by atoms with van der Waals surface area (Å²) in [7, 11) is -3.59. The molecule has 2 heterocycles. The third-order valence-corrected chi connectivity index (χ3v) is 4.30. The number of nitrogens with two attached hydrogens (primary N) is 1. The van der Waals surface area contributed by atoms with Crippen LogP contribution < -0.4 is 10.5 Å². The molecule has 0 aliphatic heterocycles. The van der Waals surface area contributed by atoms with Gasteiger partial charge in [0.1, 0.15) is 0 Å². The highest BCUT2D eigenvalue weighted by atomic mass is 32.2. The highest BCUT2D eigenvalue weighted by molar-refractivity contribution is 7.89. The lowest BCUT2D eigenvalue weighted by atomic mass is 10.4. The van der Waals surface area contributed by atoms with Gasteiger partial charge in [-0.25, -0.2) is 13.1 Å². The summed E-state index contributed by atoms with van der Waals surface area (Å²) in [6, 6.07) is 3.27. The molecule has 0 spiro atoms. The maximum absolute atomic E-state index is 12.2. The molecular weight excluding hydrogens is 280 g/mol. The second-order valence-corrected chi connectivity index (χ2v) is 6.18. The van der Waals surface area contributed by atoms with E-state index in [-0.39, 0.29) is 11.4 Å². The van der Waals surface area contributed by atoms with Gasteiger partial charge in [-0.15, -0.1) is 0 Å². The lowest BCUT2D eigenvalue weighted by Gasteiger charge is -2.02. The summed E-state index contributed by atoms with van der Waals surface area (Å²) in [5.41, 5.74) is 7.08. The van der Waals surface area contributed by atoms with Gasteiger partial charge in [-0.05, 0) is 19.9 Å². The van der Waals surface area contributed by atoms with Crippen molar-refractivity contribution >= 4 is 10.0 Å². The number of rotatable bonds is 6. The lowest BCUT2D eigenvalue weighted by Crippen LogP contribution is -2.22. The highest BCUT2D eigenvalue weighted by Gasteiger charge is 2.18. The van der Waals surface area contributed by atoms with Gasteiger partial charge >= 0.3 is 0 Å². The van der Waals surface area contributed by atoms with Crippen LogP contribution in [0.25, 0.3) is 0 Å². The first-order chi connectivity index (χ1) is 9.46. The van der Waals surface area contributed by atoms with Crippen LogP contribution in [0.4, 0.5) is 0 Å². The summed E-state index contributed by atoms with van der Waals surface area (Å²) in [6.07, 6.45) is 1.58. The molecule has 0 aliphatic carbocycles. The van der Waals surface area contributed by atoms with E-state index >= 15 is 0 Å². The third kappa shape index (κ3) is 3.09. The van der Waals surface area contributed by atoms with E-state index in [9.17, 15) is 8.42 Å². The minimum atomic E-state index is -3.59. The fourth-order valence-corrected chi connectivity index (χ4v) is 2.94. The summed E-state index contributed by atoms with van der Waals surface area (Å²) >= 11 is 0. The molecule has 8 heteroatoms. The van der Waals surface area contributed by atoms with Crippen LogP contribution in [0, 0.1) is 6.92 Å². The van der Waals surface area contributed by atoms with Crippen LogP contribution in [0.1, 0.15) is 24.1 Å². The zero-order valence-electron chi connectivity index (χ0n) is 11.5. The molecule has 0 atom stereocenters. The van der Waals surface area contributed by atoms with Crippen molar-refractivity contribution in [3.05, 3.63) is 35.5 Å². The standard InChI is InChI=1S/C12H18N4O3S/c1-3-16-8-12(5-10(16)6-13)20(17,18)14-7-11-4-9(2)15-19-11/h4-5,8,14H,3,6-7,13H2,1-2H3. The van der Waals surface area contributed by atoms with Crippen molar-refractivity contribution < 1.29 is 12.9 Å². The van der Waals surface area contributed by atoms with Gasteiger partial charge in [-0.3, -0.25) is 0 Å². The van der Waals surface area contributed by atoms with Gasteiger partial charge in [0, 0.05) is 31.0 Å². The molecule has 0 aliphatic rings. The molecule has 0 amide bonds. The van der Waals surface area contributed by atoms with E-state index < -0.39 is 10.0 Å². The molecule has 20 heavy (non-hydrogen) atoms. The number of hydrogen-bond donors (Lipinski definition) is 2. The second kappa shape index (κ2) is 5.78. The number of hydrogen-bond acceptors (Lipinski definition) is 5. The zero-order chi connectivity index (χ0) is 14.8. The van der Waals surface area contributed by atoms with Gasteiger partial charge in [0.15, 0.2) is 5.76 Å². The number of sulfonamides is 1. The Kier molecular flexibility index (Phi) is 4.26. The maximum Gasteiger partial charge on any atom is 0.242 e. The van der Waals surface area contributed by atoms with Crippen molar-refractivity contribution in [1.82, 2.24) is 14.4 Å². The number of nitrogens with zero attached hydrogens (tertiary/aromatic N) is 2. The van der Waals surface area contributed by atoms with Gasteiger partial charge < -0.3 is 14.8 Å². The molecule has 3 N–H and O–H groups in total. The SMILES string of the molecule is CCn1cc(S(=O)(=O)NCc2cc(C)no2)cc1CN. The first-order valence-electron chi connectivity index (χ1n) is 6.27. The van der Waals surface area contributed by atoms with E-state index in [1.165, 1.54) is 0 Å².